The summed E-state index contributed by atoms with van der Waals surface area (Å²) in [4.78, 5) is 16.3. The maximum Gasteiger partial charge on any atom is 0.227 e. The molecular formula is C15H21ClN2O2S. The van der Waals surface area contributed by atoms with Crippen molar-refractivity contribution in [3.8, 4) is 0 Å². The van der Waals surface area contributed by atoms with E-state index in [1.54, 1.807) is 6.20 Å². The summed E-state index contributed by atoms with van der Waals surface area (Å²) in [5, 5.41) is 3.93. The first-order valence-corrected chi connectivity index (χ1v) is 8.88. The lowest BCUT2D eigenvalue weighted by atomic mass is 9.78. The molecule has 4 nitrogen and oxygen atoms in total. The molecule has 21 heavy (non-hydrogen) atoms. The normalized spacial score (nSPS) is 24.9. The summed E-state index contributed by atoms with van der Waals surface area (Å²) >= 11 is 7.21. The molecular weight excluding hydrogens is 308 g/mol. The van der Waals surface area contributed by atoms with Gasteiger partial charge < -0.3 is 10.1 Å². The van der Waals surface area contributed by atoms with Gasteiger partial charge in [0.1, 0.15) is 9.34 Å². The fraction of sp³-hybridized carbons (Fsp3) is 0.733. The van der Waals surface area contributed by atoms with E-state index in [1.807, 2.05) is 0 Å². The molecule has 1 aliphatic heterocycles. The van der Waals surface area contributed by atoms with Crippen LogP contribution in [-0.2, 0) is 16.0 Å². The molecule has 0 bridgehead atoms. The third-order valence-corrected chi connectivity index (χ3v) is 5.57. The van der Waals surface area contributed by atoms with Gasteiger partial charge in [0.15, 0.2) is 0 Å². The lowest BCUT2D eigenvalue weighted by Crippen LogP contribution is -2.49. The average Bonchev–Trinajstić information content (AvgIpc) is 2.85. The van der Waals surface area contributed by atoms with Crippen LogP contribution in [0.1, 0.15) is 50.0 Å². The summed E-state index contributed by atoms with van der Waals surface area (Å²) in [5.41, 5.74) is 0.0267. The summed E-state index contributed by atoms with van der Waals surface area (Å²) < 4.78 is 6.69. The van der Waals surface area contributed by atoms with Crippen molar-refractivity contribution < 1.29 is 9.53 Å². The Hall–Kier alpha value is -0.650. The highest BCUT2D eigenvalue weighted by Gasteiger charge is 2.38. The van der Waals surface area contributed by atoms with Gasteiger partial charge in [0.2, 0.25) is 5.91 Å². The first-order valence-electron chi connectivity index (χ1n) is 7.69. The van der Waals surface area contributed by atoms with Gasteiger partial charge in [-0.1, -0.05) is 30.9 Å². The number of rotatable bonds is 3. The Kier molecular flexibility index (Phi) is 4.82. The zero-order valence-electron chi connectivity index (χ0n) is 12.1. The van der Waals surface area contributed by atoms with E-state index in [1.165, 1.54) is 30.6 Å². The number of nitrogens with zero attached hydrogens (tertiary/aromatic N) is 1. The van der Waals surface area contributed by atoms with Crippen LogP contribution in [0.3, 0.4) is 0 Å². The lowest BCUT2D eigenvalue weighted by molar-refractivity contribution is -0.128. The van der Waals surface area contributed by atoms with E-state index in [9.17, 15) is 4.79 Å². The maximum atomic E-state index is 12.1. The van der Waals surface area contributed by atoms with Crippen LogP contribution in [0.15, 0.2) is 6.20 Å². The van der Waals surface area contributed by atoms with E-state index >= 15 is 0 Å². The molecule has 0 aromatic carbocycles. The second-order valence-corrected chi connectivity index (χ2v) is 7.83. The third-order valence-electron chi connectivity index (χ3n) is 4.46. The van der Waals surface area contributed by atoms with Gasteiger partial charge in [-0.3, -0.25) is 4.79 Å². The molecule has 1 aliphatic carbocycles. The van der Waals surface area contributed by atoms with Gasteiger partial charge in [-0.15, -0.1) is 11.3 Å². The van der Waals surface area contributed by atoms with E-state index in [2.05, 4.69) is 10.3 Å². The van der Waals surface area contributed by atoms with E-state index < -0.39 is 0 Å². The zero-order valence-corrected chi connectivity index (χ0v) is 13.6. The number of aromatic nitrogens is 1. The Bertz CT molecular complexity index is 494. The highest BCUT2D eigenvalue weighted by molar-refractivity contribution is 7.15. The van der Waals surface area contributed by atoms with Gasteiger partial charge >= 0.3 is 0 Å². The van der Waals surface area contributed by atoms with Crippen molar-refractivity contribution in [1.29, 1.82) is 0 Å². The van der Waals surface area contributed by atoms with Crippen LogP contribution in [0, 0.1) is 0 Å². The quantitative estimate of drug-likeness (QED) is 0.925. The fourth-order valence-corrected chi connectivity index (χ4v) is 4.44. The molecule has 0 radical (unpaired) electrons. The van der Waals surface area contributed by atoms with Crippen molar-refractivity contribution in [2.75, 3.05) is 6.61 Å². The van der Waals surface area contributed by atoms with Crippen molar-refractivity contribution in [2.24, 2.45) is 0 Å². The van der Waals surface area contributed by atoms with Crippen LogP contribution in [0.25, 0.3) is 0 Å². The molecule has 1 spiro atoms. The molecule has 1 N–H and O–H groups in total. The second kappa shape index (κ2) is 6.63. The van der Waals surface area contributed by atoms with Gasteiger partial charge in [-0.25, -0.2) is 4.98 Å². The summed E-state index contributed by atoms with van der Waals surface area (Å²) in [6.07, 6.45) is 9.87. The first kappa shape index (κ1) is 15.3. The predicted octanol–water partition coefficient (Wildman–Crippen LogP) is 3.34. The smallest absolute Gasteiger partial charge is 0.227 e. The number of hydrogen-bond donors (Lipinski definition) is 1. The van der Waals surface area contributed by atoms with Gasteiger partial charge in [-0.05, 0) is 25.7 Å². The molecule has 1 aromatic rings. The van der Waals surface area contributed by atoms with Gasteiger partial charge in [0.05, 0.1) is 18.2 Å². The number of thiazole rings is 1. The monoisotopic (exact) mass is 328 g/mol. The van der Waals surface area contributed by atoms with Crippen LogP contribution in [0.2, 0.25) is 4.34 Å². The lowest BCUT2D eigenvalue weighted by Gasteiger charge is -2.43. The summed E-state index contributed by atoms with van der Waals surface area (Å²) in [6.45, 7) is 0.758. The minimum Gasteiger partial charge on any atom is -0.375 e. The molecule has 3 rings (SSSR count). The molecule has 2 fully saturated rings. The van der Waals surface area contributed by atoms with Crippen LogP contribution in [0.4, 0.5) is 0 Å². The summed E-state index contributed by atoms with van der Waals surface area (Å²) in [6, 6.07) is 0.236. The Morgan fingerprint density at radius 2 is 2.29 bits per heavy atom. The Labute approximate surface area is 134 Å². The average molecular weight is 329 g/mol. The van der Waals surface area contributed by atoms with Crippen molar-refractivity contribution in [2.45, 2.75) is 63.0 Å². The molecule has 6 heteroatoms. The van der Waals surface area contributed by atoms with Gasteiger partial charge in [0, 0.05) is 12.6 Å². The largest absolute Gasteiger partial charge is 0.375 e. The van der Waals surface area contributed by atoms with E-state index in [4.69, 9.17) is 16.3 Å². The summed E-state index contributed by atoms with van der Waals surface area (Å²) in [5.74, 6) is 0.0406. The minimum absolute atomic E-state index is 0.0267. The molecule has 1 atom stereocenters. The molecule has 116 valence electrons. The highest BCUT2D eigenvalue weighted by Crippen LogP contribution is 2.38. The van der Waals surface area contributed by atoms with E-state index in [0.29, 0.717) is 10.8 Å². The zero-order chi connectivity index (χ0) is 14.7. The van der Waals surface area contributed by atoms with Crippen LogP contribution in [0.5, 0.6) is 0 Å². The number of amides is 1. The van der Waals surface area contributed by atoms with Crippen LogP contribution in [-0.4, -0.2) is 29.1 Å². The third kappa shape index (κ3) is 3.96. The molecule has 1 saturated carbocycles. The van der Waals surface area contributed by atoms with Crippen LogP contribution < -0.4 is 5.32 Å². The molecule has 2 aliphatic rings. The topological polar surface area (TPSA) is 51.2 Å². The predicted molar refractivity (Wildman–Crippen MR) is 83.8 cm³/mol. The standard InChI is InChI=1S/C15H21ClN2O2S/c16-12-10-17-14(21-12)8-13(19)18-11-4-7-20-15(9-11)5-2-1-3-6-15/h10-11H,1-9H2,(H,18,19). The van der Waals surface area contributed by atoms with Gasteiger partial charge in [0.25, 0.3) is 0 Å². The molecule has 1 saturated heterocycles. The van der Waals surface area contributed by atoms with Gasteiger partial charge in [-0.2, -0.15) is 0 Å². The van der Waals surface area contributed by atoms with E-state index in [-0.39, 0.29) is 17.6 Å². The fourth-order valence-electron chi connectivity index (χ4n) is 3.48. The highest BCUT2D eigenvalue weighted by atomic mass is 35.5. The molecule has 2 heterocycles. The first-order chi connectivity index (χ1) is 10.2. The van der Waals surface area contributed by atoms with Crippen molar-refractivity contribution in [3.05, 3.63) is 15.5 Å². The number of halogens is 1. The summed E-state index contributed by atoms with van der Waals surface area (Å²) in [7, 11) is 0. The Balaban J connectivity index is 1.53. The number of nitrogens with one attached hydrogen (secondary N) is 1. The molecule has 1 aromatic heterocycles. The van der Waals surface area contributed by atoms with Crippen LogP contribution >= 0.6 is 22.9 Å². The van der Waals surface area contributed by atoms with Crippen molar-refractivity contribution in [3.63, 3.8) is 0 Å². The second-order valence-electron chi connectivity index (χ2n) is 6.08. The SMILES string of the molecule is O=C(Cc1ncc(Cl)s1)NC1CCOC2(CCCCC2)C1. The number of carbonyl (C=O) groups excluding carboxylic acids is 1. The Morgan fingerprint density at radius 1 is 1.48 bits per heavy atom. The number of hydrogen-bond acceptors (Lipinski definition) is 4. The minimum atomic E-state index is 0.0267. The maximum absolute atomic E-state index is 12.1. The number of carbonyl (C=O) groups is 1. The van der Waals surface area contributed by atoms with Crippen molar-refractivity contribution >= 4 is 28.8 Å². The Morgan fingerprint density at radius 3 is 3.00 bits per heavy atom. The van der Waals surface area contributed by atoms with Crippen molar-refractivity contribution in [1.82, 2.24) is 10.3 Å². The number of ether oxygens (including phenoxy) is 1. The molecule has 1 amide bonds. The van der Waals surface area contributed by atoms with E-state index in [0.717, 1.165) is 37.3 Å². The molecule has 1 unspecified atom stereocenters.